The van der Waals surface area contributed by atoms with Crippen LogP contribution < -0.4 is 10.6 Å². The van der Waals surface area contributed by atoms with Gasteiger partial charge in [-0.1, -0.05) is 6.07 Å². The van der Waals surface area contributed by atoms with Gasteiger partial charge in [0.2, 0.25) is 5.91 Å². The number of anilines is 2. The topological polar surface area (TPSA) is 67.4 Å². The molecule has 0 spiro atoms. The van der Waals surface area contributed by atoms with Crippen molar-refractivity contribution in [2.75, 3.05) is 24.4 Å². The lowest BCUT2D eigenvalue weighted by Gasteiger charge is -2.09. The van der Waals surface area contributed by atoms with E-state index in [1.54, 1.807) is 12.1 Å². The lowest BCUT2D eigenvalue weighted by molar-refractivity contribution is -0.119. The maximum Gasteiger partial charge on any atom is 0.261 e. The first-order chi connectivity index (χ1) is 11.0. The monoisotopic (exact) mass is 320 g/mol. The van der Waals surface area contributed by atoms with Crippen LogP contribution in [0.5, 0.6) is 0 Å². The average Bonchev–Trinajstić information content (AvgIpc) is 2.49. The average molecular weight is 320 g/mol. The molecule has 5 nitrogen and oxygen atoms in total. The van der Waals surface area contributed by atoms with Crippen LogP contribution in [0.4, 0.5) is 20.2 Å². The first-order valence-corrected chi connectivity index (χ1v) is 6.65. The predicted octanol–water partition coefficient (Wildman–Crippen LogP) is 2.80. The summed E-state index contributed by atoms with van der Waals surface area (Å²) in [5.41, 5.74) is 0.189. The van der Waals surface area contributed by atoms with Crippen LogP contribution in [0.1, 0.15) is 10.4 Å². The van der Waals surface area contributed by atoms with Crippen molar-refractivity contribution in [3.8, 4) is 0 Å². The lowest BCUT2D eigenvalue weighted by Crippen LogP contribution is -2.17. The van der Waals surface area contributed by atoms with Gasteiger partial charge in [-0.3, -0.25) is 9.59 Å². The number of halogens is 2. The maximum atomic E-state index is 13.5. The lowest BCUT2D eigenvalue weighted by atomic mass is 10.1. The van der Waals surface area contributed by atoms with E-state index in [1.807, 2.05) is 0 Å². The van der Waals surface area contributed by atoms with Crippen LogP contribution in [0.2, 0.25) is 0 Å². The largest absolute Gasteiger partial charge is 0.375 e. The van der Waals surface area contributed by atoms with Crippen molar-refractivity contribution in [3.05, 3.63) is 59.7 Å². The molecular formula is C16H14F2N2O3. The Morgan fingerprint density at radius 1 is 0.957 bits per heavy atom. The van der Waals surface area contributed by atoms with Crippen molar-refractivity contribution in [2.24, 2.45) is 0 Å². The van der Waals surface area contributed by atoms with Crippen LogP contribution in [0.3, 0.4) is 0 Å². The van der Waals surface area contributed by atoms with Crippen LogP contribution in [0.15, 0.2) is 42.5 Å². The summed E-state index contributed by atoms with van der Waals surface area (Å²) in [4.78, 5) is 23.3. The standard InChI is InChI=1S/C16H14F2N2O3/c1-23-9-14(21)19-10-5-7-11(8-6-10)20-16(22)15-12(17)3-2-4-13(15)18/h2-8H,9H2,1H3,(H,19,21)(H,20,22). The second-order valence-electron chi connectivity index (χ2n) is 4.61. The highest BCUT2D eigenvalue weighted by atomic mass is 19.1. The normalized spacial score (nSPS) is 10.2. The molecule has 0 aliphatic rings. The summed E-state index contributed by atoms with van der Waals surface area (Å²) in [6.45, 7) is -0.0783. The molecule has 0 atom stereocenters. The van der Waals surface area contributed by atoms with Gasteiger partial charge in [-0.15, -0.1) is 0 Å². The van der Waals surface area contributed by atoms with Gasteiger partial charge >= 0.3 is 0 Å². The minimum absolute atomic E-state index is 0.0783. The number of hydrogen-bond acceptors (Lipinski definition) is 3. The molecule has 2 amide bonds. The quantitative estimate of drug-likeness (QED) is 0.890. The first kappa shape index (κ1) is 16.6. The van der Waals surface area contributed by atoms with Crippen molar-refractivity contribution in [3.63, 3.8) is 0 Å². The summed E-state index contributed by atoms with van der Waals surface area (Å²) in [5, 5.41) is 4.97. The molecule has 0 unspecified atom stereocenters. The number of carbonyl (C=O) groups excluding carboxylic acids is 2. The van der Waals surface area contributed by atoms with E-state index in [9.17, 15) is 18.4 Å². The minimum Gasteiger partial charge on any atom is -0.375 e. The summed E-state index contributed by atoms with van der Waals surface area (Å²) >= 11 is 0. The van der Waals surface area contributed by atoms with Gasteiger partial charge in [0.25, 0.3) is 5.91 Å². The summed E-state index contributed by atoms with van der Waals surface area (Å²) < 4.78 is 31.7. The van der Waals surface area contributed by atoms with E-state index >= 15 is 0 Å². The number of hydrogen-bond donors (Lipinski definition) is 2. The summed E-state index contributed by atoms with van der Waals surface area (Å²) in [6.07, 6.45) is 0. The molecule has 0 aliphatic carbocycles. The van der Waals surface area contributed by atoms with Crippen molar-refractivity contribution in [1.82, 2.24) is 0 Å². The Kier molecular flexibility index (Phi) is 5.37. The van der Waals surface area contributed by atoms with E-state index < -0.39 is 23.1 Å². The minimum atomic E-state index is -0.939. The molecule has 0 fully saturated rings. The van der Waals surface area contributed by atoms with E-state index in [-0.39, 0.29) is 12.5 Å². The Hall–Kier alpha value is -2.80. The van der Waals surface area contributed by atoms with Gasteiger partial charge in [0.15, 0.2) is 0 Å². The zero-order valence-electron chi connectivity index (χ0n) is 12.2. The molecular weight excluding hydrogens is 306 g/mol. The van der Waals surface area contributed by atoms with Crippen molar-refractivity contribution in [1.29, 1.82) is 0 Å². The molecule has 7 heteroatoms. The molecule has 0 bridgehead atoms. The number of carbonyl (C=O) groups is 2. The first-order valence-electron chi connectivity index (χ1n) is 6.65. The molecule has 0 aliphatic heterocycles. The second-order valence-corrected chi connectivity index (χ2v) is 4.61. The molecule has 0 aromatic heterocycles. The van der Waals surface area contributed by atoms with E-state index in [1.165, 1.54) is 25.3 Å². The summed E-state index contributed by atoms with van der Waals surface area (Å²) in [6, 6.07) is 9.28. The van der Waals surface area contributed by atoms with Crippen LogP contribution in [0, 0.1) is 11.6 Å². The number of ether oxygens (including phenoxy) is 1. The number of rotatable bonds is 5. The predicted molar refractivity (Wildman–Crippen MR) is 81.3 cm³/mol. The van der Waals surface area contributed by atoms with Gasteiger partial charge in [0.1, 0.15) is 23.8 Å². The third-order valence-corrected chi connectivity index (χ3v) is 2.89. The summed E-state index contributed by atoms with van der Waals surface area (Å²) in [7, 11) is 1.40. The highest BCUT2D eigenvalue weighted by Crippen LogP contribution is 2.17. The fourth-order valence-electron chi connectivity index (χ4n) is 1.87. The SMILES string of the molecule is COCC(=O)Nc1ccc(NC(=O)c2c(F)cccc2F)cc1. The van der Waals surface area contributed by atoms with E-state index in [0.717, 1.165) is 12.1 Å². The van der Waals surface area contributed by atoms with Crippen LogP contribution in [-0.2, 0) is 9.53 Å². The molecule has 0 heterocycles. The molecule has 0 saturated heterocycles. The Balaban J connectivity index is 2.06. The Bertz CT molecular complexity index is 698. The van der Waals surface area contributed by atoms with Crippen molar-refractivity contribution >= 4 is 23.2 Å². The van der Waals surface area contributed by atoms with Crippen LogP contribution in [-0.4, -0.2) is 25.5 Å². The molecule has 2 rings (SSSR count). The van der Waals surface area contributed by atoms with E-state index in [2.05, 4.69) is 15.4 Å². The number of nitrogens with one attached hydrogen (secondary N) is 2. The number of methoxy groups -OCH3 is 1. The van der Waals surface area contributed by atoms with Gasteiger partial charge < -0.3 is 15.4 Å². The molecule has 0 saturated carbocycles. The van der Waals surface area contributed by atoms with Crippen molar-refractivity contribution < 1.29 is 23.1 Å². The van der Waals surface area contributed by atoms with E-state index in [0.29, 0.717) is 11.4 Å². The highest BCUT2D eigenvalue weighted by molar-refractivity contribution is 6.04. The molecule has 2 N–H and O–H groups in total. The third kappa shape index (κ3) is 4.33. The maximum absolute atomic E-state index is 13.5. The van der Waals surface area contributed by atoms with Gasteiger partial charge in [-0.05, 0) is 36.4 Å². The summed E-state index contributed by atoms with van der Waals surface area (Å²) in [5.74, 6) is -3.09. The van der Waals surface area contributed by atoms with Gasteiger partial charge in [0, 0.05) is 18.5 Å². The third-order valence-electron chi connectivity index (χ3n) is 2.89. The van der Waals surface area contributed by atoms with Crippen LogP contribution in [0.25, 0.3) is 0 Å². The van der Waals surface area contributed by atoms with Crippen LogP contribution >= 0.6 is 0 Å². The number of amides is 2. The molecule has 2 aromatic rings. The zero-order valence-corrected chi connectivity index (χ0v) is 12.2. The molecule has 0 radical (unpaired) electrons. The fourth-order valence-corrected chi connectivity index (χ4v) is 1.87. The number of benzene rings is 2. The van der Waals surface area contributed by atoms with Gasteiger partial charge in [0.05, 0.1) is 0 Å². The zero-order chi connectivity index (χ0) is 16.8. The van der Waals surface area contributed by atoms with Gasteiger partial charge in [-0.2, -0.15) is 0 Å². The smallest absolute Gasteiger partial charge is 0.261 e. The van der Waals surface area contributed by atoms with Gasteiger partial charge in [-0.25, -0.2) is 8.78 Å². The highest BCUT2D eigenvalue weighted by Gasteiger charge is 2.17. The Morgan fingerprint density at radius 3 is 2.00 bits per heavy atom. The van der Waals surface area contributed by atoms with Crippen molar-refractivity contribution in [2.45, 2.75) is 0 Å². The fraction of sp³-hybridized carbons (Fsp3) is 0.125. The Labute approximate surface area is 131 Å². The Morgan fingerprint density at radius 2 is 1.48 bits per heavy atom. The van der Waals surface area contributed by atoms with E-state index in [4.69, 9.17) is 0 Å². The molecule has 2 aromatic carbocycles. The second kappa shape index (κ2) is 7.46. The molecule has 120 valence electrons. The molecule has 23 heavy (non-hydrogen) atoms.